The van der Waals surface area contributed by atoms with E-state index in [-0.39, 0.29) is 12.4 Å². The number of nitrogens with one attached hydrogen (secondary N) is 1. The van der Waals surface area contributed by atoms with Gasteiger partial charge in [-0.3, -0.25) is 9.36 Å². The van der Waals surface area contributed by atoms with Crippen LogP contribution in [0, 0.1) is 6.92 Å². The molecule has 2 heterocycles. The maximum absolute atomic E-state index is 4.33. The molecule has 0 saturated carbocycles. The molecule has 0 fully saturated rings. The summed E-state index contributed by atoms with van der Waals surface area (Å²) in [5.74, 6) is 0. The van der Waals surface area contributed by atoms with Crippen LogP contribution < -0.4 is 5.32 Å². The highest BCUT2D eigenvalue weighted by Gasteiger charge is 2.02. The van der Waals surface area contributed by atoms with E-state index in [2.05, 4.69) is 34.7 Å². The van der Waals surface area contributed by atoms with Crippen LogP contribution in [0.4, 0.5) is 0 Å². The van der Waals surface area contributed by atoms with Gasteiger partial charge in [0, 0.05) is 38.4 Å². The number of aromatic nitrogens is 4. The van der Waals surface area contributed by atoms with Gasteiger partial charge in [0.2, 0.25) is 0 Å². The van der Waals surface area contributed by atoms with Crippen molar-refractivity contribution in [3.05, 3.63) is 35.4 Å². The van der Waals surface area contributed by atoms with Gasteiger partial charge in [-0.2, -0.15) is 10.2 Å². The average Bonchev–Trinajstić information content (AvgIpc) is 2.87. The summed E-state index contributed by atoms with van der Waals surface area (Å²) in [5, 5.41) is 12.1. The lowest BCUT2D eigenvalue weighted by atomic mass is 10.3. The van der Waals surface area contributed by atoms with Gasteiger partial charge in [0.15, 0.2) is 0 Å². The molecular formula is C13H22ClN5. The van der Waals surface area contributed by atoms with Crippen LogP contribution in [-0.2, 0) is 26.7 Å². The predicted octanol–water partition coefficient (Wildman–Crippen LogP) is 2.05. The van der Waals surface area contributed by atoms with Crippen molar-refractivity contribution in [3.63, 3.8) is 0 Å². The standard InChI is InChI=1S/C13H21N5.ClH/c1-4-5-18-10-12(8-15-18)7-14-9-13-6-11(2)16-17(13)3;/h6,8,10,14H,4-5,7,9H2,1-3H3;1H. The molecule has 19 heavy (non-hydrogen) atoms. The third kappa shape index (κ3) is 4.36. The lowest BCUT2D eigenvalue weighted by Gasteiger charge is -2.03. The quantitative estimate of drug-likeness (QED) is 0.883. The van der Waals surface area contributed by atoms with Crippen molar-refractivity contribution < 1.29 is 0 Å². The van der Waals surface area contributed by atoms with E-state index >= 15 is 0 Å². The Balaban J connectivity index is 0.00000180. The molecule has 5 nitrogen and oxygen atoms in total. The minimum atomic E-state index is 0. The van der Waals surface area contributed by atoms with Crippen molar-refractivity contribution in [1.82, 2.24) is 24.9 Å². The zero-order valence-corrected chi connectivity index (χ0v) is 12.6. The van der Waals surface area contributed by atoms with Crippen molar-refractivity contribution in [2.45, 2.75) is 39.9 Å². The lowest BCUT2D eigenvalue weighted by Crippen LogP contribution is -2.14. The Morgan fingerprint density at radius 2 is 2.11 bits per heavy atom. The molecule has 1 N–H and O–H groups in total. The van der Waals surface area contributed by atoms with Gasteiger partial charge >= 0.3 is 0 Å². The fourth-order valence-corrected chi connectivity index (χ4v) is 2.01. The van der Waals surface area contributed by atoms with Crippen LogP contribution in [0.2, 0.25) is 0 Å². The van der Waals surface area contributed by atoms with Crippen molar-refractivity contribution in [2.75, 3.05) is 0 Å². The Morgan fingerprint density at radius 1 is 1.32 bits per heavy atom. The largest absolute Gasteiger partial charge is 0.307 e. The first-order valence-electron chi connectivity index (χ1n) is 6.40. The van der Waals surface area contributed by atoms with Gasteiger partial charge in [0.25, 0.3) is 0 Å². The van der Waals surface area contributed by atoms with Crippen LogP contribution in [0.5, 0.6) is 0 Å². The SMILES string of the molecule is CCCn1cc(CNCc2cc(C)nn2C)cn1.Cl. The van der Waals surface area contributed by atoms with Gasteiger partial charge in [0.1, 0.15) is 0 Å². The molecule has 6 heteroatoms. The highest BCUT2D eigenvalue weighted by Crippen LogP contribution is 2.03. The fraction of sp³-hybridized carbons (Fsp3) is 0.538. The second kappa shape index (κ2) is 7.31. The molecule has 0 spiro atoms. The summed E-state index contributed by atoms with van der Waals surface area (Å²) in [5.41, 5.74) is 3.49. The molecular weight excluding hydrogens is 262 g/mol. The van der Waals surface area contributed by atoms with Crippen LogP contribution in [0.1, 0.15) is 30.3 Å². The minimum absolute atomic E-state index is 0. The second-order valence-corrected chi connectivity index (χ2v) is 4.62. The third-order valence-corrected chi connectivity index (χ3v) is 2.87. The van der Waals surface area contributed by atoms with Gasteiger partial charge in [-0.05, 0) is 19.4 Å². The monoisotopic (exact) mass is 283 g/mol. The molecule has 0 aromatic carbocycles. The molecule has 0 bridgehead atoms. The van der Waals surface area contributed by atoms with E-state index in [4.69, 9.17) is 0 Å². The van der Waals surface area contributed by atoms with Gasteiger partial charge in [-0.15, -0.1) is 12.4 Å². The minimum Gasteiger partial charge on any atom is -0.307 e. The summed E-state index contributed by atoms with van der Waals surface area (Å²) in [7, 11) is 1.98. The lowest BCUT2D eigenvalue weighted by molar-refractivity contribution is 0.599. The number of hydrogen-bond donors (Lipinski definition) is 1. The summed E-state index contributed by atoms with van der Waals surface area (Å²) in [6.45, 7) is 6.83. The highest BCUT2D eigenvalue weighted by molar-refractivity contribution is 5.85. The highest BCUT2D eigenvalue weighted by atomic mass is 35.5. The Hall–Kier alpha value is -1.33. The molecule has 0 amide bonds. The second-order valence-electron chi connectivity index (χ2n) is 4.62. The first-order chi connectivity index (χ1) is 8.69. The summed E-state index contributed by atoms with van der Waals surface area (Å²) in [6.07, 6.45) is 5.14. The van der Waals surface area contributed by atoms with Crippen molar-refractivity contribution in [3.8, 4) is 0 Å². The number of aryl methyl sites for hydroxylation is 3. The Bertz CT molecular complexity index is 503. The van der Waals surface area contributed by atoms with E-state index < -0.39 is 0 Å². The van der Waals surface area contributed by atoms with Crippen LogP contribution in [0.15, 0.2) is 18.5 Å². The van der Waals surface area contributed by atoms with Crippen LogP contribution >= 0.6 is 12.4 Å². The number of hydrogen-bond acceptors (Lipinski definition) is 3. The number of nitrogens with zero attached hydrogens (tertiary/aromatic N) is 4. The summed E-state index contributed by atoms with van der Waals surface area (Å²) >= 11 is 0. The van der Waals surface area contributed by atoms with E-state index in [9.17, 15) is 0 Å². The Morgan fingerprint density at radius 3 is 2.74 bits per heavy atom. The van der Waals surface area contributed by atoms with Crippen LogP contribution in [0.25, 0.3) is 0 Å². The summed E-state index contributed by atoms with van der Waals surface area (Å²) < 4.78 is 3.91. The van der Waals surface area contributed by atoms with E-state index in [1.54, 1.807) is 0 Å². The van der Waals surface area contributed by atoms with Crippen molar-refractivity contribution >= 4 is 12.4 Å². The van der Waals surface area contributed by atoms with E-state index in [1.807, 2.05) is 29.5 Å². The topological polar surface area (TPSA) is 47.7 Å². The molecule has 2 aromatic heterocycles. The van der Waals surface area contributed by atoms with Gasteiger partial charge < -0.3 is 5.32 Å². The average molecular weight is 284 g/mol. The molecule has 2 aromatic rings. The van der Waals surface area contributed by atoms with Crippen molar-refractivity contribution in [2.24, 2.45) is 7.05 Å². The van der Waals surface area contributed by atoms with Crippen LogP contribution in [0.3, 0.4) is 0 Å². The molecule has 2 rings (SSSR count). The predicted molar refractivity (Wildman–Crippen MR) is 78.3 cm³/mol. The fourth-order valence-electron chi connectivity index (χ4n) is 2.01. The third-order valence-electron chi connectivity index (χ3n) is 2.87. The van der Waals surface area contributed by atoms with Crippen molar-refractivity contribution in [1.29, 1.82) is 0 Å². The number of halogens is 1. The molecule has 0 aliphatic carbocycles. The maximum Gasteiger partial charge on any atom is 0.0597 e. The molecule has 0 aliphatic rings. The zero-order valence-electron chi connectivity index (χ0n) is 11.8. The van der Waals surface area contributed by atoms with Gasteiger partial charge in [0.05, 0.1) is 17.6 Å². The normalized spacial score (nSPS) is 10.5. The maximum atomic E-state index is 4.33. The molecule has 0 saturated heterocycles. The first kappa shape index (κ1) is 15.7. The van der Waals surface area contributed by atoms with E-state index in [0.29, 0.717) is 0 Å². The molecule has 0 unspecified atom stereocenters. The summed E-state index contributed by atoms with van der Waals surface area (Å²) in [4.78, 5) is 0. The number of rotatable bonds is 6. The Labute approximate surface area is 120 Å². The smallest absolute Gasteiger partial charge is 0.0597 e. The van der Waals surface area contributed by atoms with Crippen LogP contribution in [-0.4, -0.2) is 19.6 Å². The van der Waals surface area contributed by atoms with E-state index in [0.717, 1.165) is 31.7 Å². The zero-order chi connectivity index (χ0) is 13.0. The molecule has 106 valence electrons. The molecule has 0 radical (unpaired) electrons. The summed E-state index contributed by atoms with van der Waals surface area (Å²) in [6, 6.07) is 2.10. The molecule has 0 aliphatic heterocycles. The van der Waals surface area contributed by atoms with Gasteiger partial charge in [-0.25, -0.2) is 0 Å². The molecule has 0 atom stereocenters. The Kier molecular flexibility index (Phi) is 6.05. The first-order valence-corrected chi connectivity index (χ1v) is 6.40. The van der Waals surface area contributed by atoms with E-state index in [1.165, 1.54) is 11.3 Å². The van der Waals surface area contributed by atoms with Gasteiger partial charge in [-0.1, -0.05) is 6.92 Å².